The van der Waals surface area contributed by atoms with Gasteiger partial charge < -0.3 is 4.74 Å². The molecule has 88 valence electrons. The monoisotopic (exact) mass is 241 g/mol. The van der Waals surface area contributed by atoms with Crippen molar-refractivity contribution in [3.8, 4) is 0 Å². The summed E-state index contributed by atoms with van der Waals surface area (Å²) in [5, 5.41) is 0.297. The van der Waals surface area contributed by atoms with Crippen LogP contribution in [0.2, 0.25) is 5.15 Å². The number of ether oxygens (including phenoxy) is 1. The van der Waals surface area contributed by atoms with Crippen LogP contribution in [0.25, 0.3) is 0 Å². The summed E-state index contributed by atoms with van der Waals surface area (Å²) in [6.45, 7) is 6.72. The van der Waals surface area contributed by atoms with Gasteiger partial charge in [-0.2, -0.15) is 0 Å². The maximum absolute atomic E-state index is 11.6. The van der Waals surface area contributed by atoms with Crippen molar-refractivity contribution in [3.63, 3.8) is 0 Å². The molecule has 1 heterocycles. The van der Waals surface area contributed by atoms with E-state index in [1.54, 1.807) is 6.07 Å². The van der Waals surface area contributed by atoms with Crippen molar-refractivity contribution < 1.29 is 9.53 Å². The molecule has 0 aliphatic heterocycles. The van der Waals surface area contributed by atoms with E-state index in [-0.39, 0.29) is 11.4 Å². The number of pyridine rings is 1. The molecule has 0 aromatic carbocycles. The molecule has 3 nitrogen and oxygen atoms in total. The Morgan fingerprint density at radius 3 is 2.75 bits per heavy atom. The molecule has 1 aromatic rings. The number of halogens is 1. The predicted molar refractivity (Wildman–Crippen MR) is 63.6 cm³/mol. The Kier molecular flexibility index (Phi) is 4.30. The molecular formula is C12H16ClNO2. The van der Waals surface area contributed by atoms with Gasteiger partial charge in [-0.3, -0.25) is 0 Å². The third-order valence-corrected chi connectivity index (χ3v) is 2.25. The standard InChI is InChI=1S/C12H16ClNO2/c1-12(2,3)5-7-16-11(15)9-4-6-14-10(13)8-9/h4,6,8H,5,7H2,1-3H3. The molecule has 1 aromatic heterocycles. The second-order valence-electron chi connectivity index (χ2n) is 4.81. The molecule has 0 bridgehead atoms. The molecular weight excluding hydrogens is 226 g/mol. The van der Waals surface area contributed by atoms with Gasteiger partial charge in [-0.25, -0.2) is 9.78 Å². The number of esters is 1. The molecule has 0 N–H and O–H groups in total. The van der Waals surface area contributed by atoms with E-state index in [0.717, 1.165) is 6.42 Å². The number of nitrogens with zero attached hydrogens (tertiary/aromatic N) is 1. The van der Waals surface area contributed by atoms with Crippen LogP contribution in [0.15, 0.2) is 18.3 Å². The summed E-state index contributed by atoms with van der Waals surface area (Å²) in [5.41, 5.74) is 0.602. The summed E-state index contributed by atoms with van der Waals surface area (Å²) in [4.78, 5) is 15.4. The Hall–Kier alpha value is -1.09. The number of hydrogen-bond donors (Lipinski definition) is 0. The Bertz CT molecular complexity index is 372. The zero-order valence-corrected chi connectivity index (χ0v) is 10.5. The fourth-order valence-electron chi connectivity index (χ4n) is 1.06. The summed E-state index contributed by atoms with van der Waals surface area (Å²) in [6, 6.07) is 3.09. The minimum atomic E-state index is -0.353. The molecule has 4 heteroatoms. The summed E-state index contributed by atoms with van der Waals surface area (Å²) < 4.78 is 5.13. The fourth-order valence-corrected chi connectivity index (χ4v) is 1.24. The van der Waals surface area contributed by atoms with Gasteiger partial charge in [-0.1, -0.05) is 32.4 Å². The highest BCUT2D eigenvalue weighted by molar-refractivity contribution is 6.29. The van der Waals surface area contributed by atoms with E-state index in [9.17, 15) is 4.79 Å². The number of hydrogen-bond acceptors (Lipinski definition) is 3. The molecule has 1 rings (SSSR count). The number of carbonyl (C=O) groups is 1. The van der Waals surface area contributed by atoms with Gasteiger partial charge in [0.05, 0.1) is 12.2 Å². The largest absolute Gasteiger partial charge is 0.462 e. The summed E-state index contributed by atoms with van der Waals surface area (Å²) in [6.07, 6.45) is 2.32. The molecule has 0 saturated carbocycles. The van der Waals surface area contributed by atoms with Crippen LogP contribution in [0.5, 0.6) is 0 Å². The zero-order chi connectivity index (χ0) is 12.2. The van der Waals surface area contributed by atoms with E-state index >= 15 is 0 Å². The van der Waals surface area contributed by atoms with Crippen molar-refractivity contribution in [2.45, 2.75) is 27.2 Å². The molecule has 16 heavy (non-hydrogen) atoms. The maximum atomic E-state index is 11.6. The highest BCUT2D eigenvalue weighted by atomic mass is 35.5. The van der Waals surface area contributed by atoms with Gasteiger partial charge in [0.25, 0.3) is 0 Å². The second-order valence-corrected chi connectivity index (χ2v) is 5.20. The van der Waals surface area contributed by atoms with E-state index in [4.69, 9.17) is 16.3 Å². The third kappa shape index (κ3) is 4.62. The molecule has 0 saturated heterocycles. The van der Waals surface area contributed by atoms with Crippen LogP contribution < -0.4 is 0 Å². The van der Waals surface area contributed by atoms with Gasteiger partial charge in [0.15, 0.2) is 0 Å². The molecule has 0 fully saturated rings. The maximum Gasteiger partial charge on any atom is 0.338 e. The first-order valence-corrected chi connectivity index (χ1v) is 5.55. The molecule has 0 unspecified atom stereocenters. The summed E-state index contributed by atoms with van der Waals surface area (Å²) >= 11 is 5.68. The van der Waals surface area contributed by atoms with Crippen molar-refractivity contribution in [2.75, 3.05) is 6.61 Å². The lowest BCUT2D eigenvalue weighted by atomic mass is 9.93. The quantitative estimate of drug-likeness (QED) is 0.602. The van der Waals surface area contributed by atoms with Crippen LogP contribution in [0.4, 0.5) is 0 Å². The smallest absolute Gasteiger partial charge is 0.338 e. The lowest BCUT2D eigenvalue weighted by Gasteiger charge is -2.17. The van der Waals surface area contributed by atoms with Crippen molar-refractivity contribution >= 4 is 17.6 Å². The lowest BCUT2D eigenvalue weighted by Crippen LogP contribution is -2.13. The van der Waals surface area contributed by atoms with E-state index in [1.807, 2.05) is 0 Å². The Morgan fingerprint density at radius 2 is 2.19 bits per heavy atom. The van der Waals surface area contributed by atoms with Gasteiger partial charge in [-0.05, 0) is 24.0 Å². The van der Waals surface area contributed by atoms with Crippen LogP contribution in [0, 0.1) is 5.41 Å². The van der Waals surface area contributed by atoms with Crippen LogP contribution in [-0.4, -0.2) is 17.6 Å². The van der Waals surface area contributed by atoms with Gasteiger partial charge in [-0.15, -0.1) is 0 Å². The first-order valence-electron chi connectivity index (χ1n) is 5.17. The topological polar surface area (TPSA) is 39.2 Å². The fraction of sp³-hybridized carbons (Fsp3) is 0.500. The lowest BCUT2D eigenvalue weighted by molar-refractivity contribution is 0.0464. The zero-order valence-electron chi connectivity index (χ0n) is 9.79. The van der Waals surface area contributed by atoms with Crippen LogP contribution in [0.3, 0.4) is 0 Å². The summed E-state index contributed by atoms with van der Waals surface area (Å²) in [5.74, 6) is -0.353. The highest BCUT2D eigenvalue weighted by Crippen LogP contribution is 2.18. The number of rotatable bonds is 3. The van der Waals surface area contributed by atoms with Crippen LogP contribution in [-0.2, 0) is 4.74 Å². The van der Waals surface area contributed by atoms with Crippen molar-refractivity contribution in [2.24, 2.45) is 5.41 Å². The van der Waals surface area contributed by atoms with Crippen LogP contribution >= 0.6 is 11.6 Å². The minimum absolute atomic E-state index is 0.163. The number of carbonyl (C=O) groups excluding carboxylic acids is 1. The molecule has 0 amide bonds. The van der Waals surface area contributed by atoms with Crippen molar-refractivity contribution in [1.82, 2.24) is 4.98 Å². The van der Waals surface area contributed by atoms with E-state index in [2.05, 4.69) is 25.8 Å². The first-order chi connectivity index (χ1) is 7.38. The molecule has 0 spiro atoms. The number of aromatic nitrogens is 1. The van der Waals surface area contributed by atoms with Crippen molar-refractivity contribution in [3.05, 3.63) is 29.0 Å². The third-order valence-electron chi connectivity index (χ3n) is 2.05. The average molecular weight is 242 g/mol. The molecule has 0 radical (unpaired) electrons. The first kappa shape index (κ1) is 13.0. The highest BCUT2D eigenvalue weighted by Gasteiger charge is 2.12. The van der Waals surface area contributed by atoms with Gasteiger partial charge in [0.1, 0.15) is 5.15 Å². The summed E-state index contributed by atoms with van der Waals surface area (Å²) in [7, 11) is 0. The molecule has 0 atom stereocenters. The van der Waals surface area contributed by atoms with Gasteiger partial charge >= 0.3 is 5.97 Å². The molecule has 0 aliphatic carbocycles. The minimum Gasteiger partial charge on any atom is -0.462 e. The Labute approximate surface area is 101 Å². The SMILES string of the molecule is CC(C)(C)CCOC(=O)c1ccnc(Cl)c1. The van der Waals surface area contributed by atoms with Gasteiger partial charge in [0, 0.05) is 6.20 Å². The van der Waals surface area contributed by atoms with Crippen LogP contribution in [0.1, 0.15) is 37.6 Å². The molecule has 0 aliphatic rings. The van der Waals surface area contributed by atoms with Gasteiger partial charge in [0.2, 0.25) is 0 Å². The normalized spacial score (nSPS) is 11.2. The van der Waals surface area contributed by atoms with Crippen molar-refractivity contribution in [1.29, 1.82) is 0 Å². The average Bonchev–Trinajstić information content (AvgIpc) is 2.15. The Morgan fingerprint density at radius 1 is 1.50 bits per heavy atom. The predicted octanol–water partition coefficient (Wildman–Crippen LogP) is 3.33. The van der Waals surface area contributed by atoms with E-state index in [0.29, 0.717) is 17.3 Å². The van der Waals surface area contributed by atoms with E-state index in [1.165, 1.54) is 12.3 Å². The Balaban J connectivity index is 2.47. The van der Waals surface area contributed by atoms with E-state index < -0.39 is 0 Å². The second kappa shape index (κ2) is 5.30.